The smallest absolute Gasteiger partial charge is 0.167 e. The Labute approximate surface area is 187 Å². The largest absolute Gasteiger partial charge is 0.346 e. The minimum atomic E-state index is -0.530. The average Bonchev–Trinajstić information content (AvgIpc) is 3.26. The minimum Gasteiger partial charge on any atom is -0.346 e. The first-order valence-corrected chi connectivity index (χ1v) is 12.0. The van der Waals surface area contributed by atoms with Gasteiger partial charge in [0, 0.05) is 29.4 Å². The molecule has 0 spiro atoms. The van der Waals surface area contributed by atoms with E-state index < -0.39 is 11.4 Å². The molecule has 2 aliphatic carbocycles. The van der Waals surface area contributed by atoms with E-state index in [2.05, 4.69) is 15.0 Å². The highest BCUT2D eigenvalue weighted by atomic mass is 32.1. The van der Waals surface area contributed by atoms with Gasteiger partial charge in [-0.1, -0.05) is 0 Å². The molecule has 0 unspecified atom stereocenters. The summed E-state index contributed by atoms with van der Waals surface area (Å²) in [6.07, 6.45) is 11.0. The lowest BCUT2D eigenvalue weighted by molar-refractivity contribution is 0.154. The fourth-order valence-corrected chi connectivity index (χ4v) is 6.71. The predicted octanol–water partition coefficient (Wildman–Crippen LogP) is 5.52. The Morgan fingerprint density at radius 2 is 1.97 bits per heavy atom. The summed E-state index contributed by atoms with van der Waals surface area (Å²) in [5, 5.41) is 5.41. The summed E-state index contributed by atoms with van der Waals surface area (Å²) in [6.45, 7) is 0.774. The number of hydrogen-bond acceptors (Lipinski definition) is 5. The van der Waals surface area contributed by atoms with Crippen LogP contribution in [0.1, 0.15) is 48.5 Å². The number of halogens is 2. The van der Waals surface area contributed by atoms with E-state index in [1.165, 1.54) is 35.9 Å². The molecular weight excluding hydrogens is 428 g/mol. The van der Waals surface area contributed by atoms with Gasteiger partial charge >= 0.3 is 0 Å². The maximum absolute atomic E-state index is 14.9. The second-order valence-electron chi connectivity index (χ2n) is 9.18. The maximum Gasteiger partial charge on any atom is 0.167 e. The summed E-state index contributed by atoms with van der Waals surface area (Å²) in [6, 6.07) is 5.74. The standard InChI is InChI=1S/C24H21F2N5S/c25-16-3-4-19(26)18(11-16)24-8-5-15(24)6-9-30(24)21-7-10-31-22(29-21)17(12-28-31)23-27-13-20(32-23)14-1-2-14/h3-4,7,10-15H,1-2,5-6,8-9H2/t15-,24-/m1/s1. The molecule has 7 rings (SSSR count). The van der Waals surface area contributed by atoms with Gasteiger partial charge in [-0.25, -0.2) is 23.3 Å². The van der Waals surface area contributed by atoms with Gasteiger partial charge in [0.15, 0.2) is 5.65 Å². The number of thiazole rings is 1. The Kier molecular flexibility index (Phi) is 3.84. The molecule has 3 aliphatic rings. The Bertz CT molecular complexity index is 1360. The van der Waals surface area contributed by atoms with Crippen LogP contribution >= 0.6 is 11.3 Å². The zero-order valence-electron chi connectivity index (χ0n) is 17.3. The summed E-state index contributed by atoms with van der Waals surface area (Å²) >= 11 is 1.72. The highest BCUT2D eigenvalue weighted by molar-refractivity contribution is 7.15. The molecule has 8 heteroatoms. The number of anilines is 1. The van der Waals surface area contributed by atoms with Crippen LogP contribution in [0, 0.1) is 17.6 Å². The highest BCUT2D eigenvalue weighted by Gasteiger charge is 2.57. The molecule has 2 saturated carbocycles. The molecule has 162 valence electrons. The van der Waals surface area contributed by atoms with Crippen molar-refractivity contribution >= 4 is 22.8 Å². The van der Waals surface area contributed by atoms with Crippen molar-refractivity contribution in [3.8, 4) is 10.6 Å². The van der Waals surface area contributed by atoms with Crippen molar-refractivity contribution in [1.29, 1.82) is 0 Å². The molecule has 1 aliphatic heterocycles. The van der Waals surface area contributed by atoms with Crippen molar-refractivity contribution in [1.82, 2.24) is 19.6 Å². The Balaban J connectivity index is 1.33. The quantitative estimate of drug-likeness (QED) is 0.411. The third kappa shape index (κ3) is 2.56. The van der Waals surface area contributed by atoms with Crippen LogP contribution in [0.25, 0.3) is 16.2 Å². The fourth-order valence-electron chi connectivity index (χ4n) is 5.62. The van der Waals surface area contributed by atoms with Gasteiger partial charge in [-0.2, -0.15) is 5.10 Å². The Morgan fingerprint density at radius 3 is 2.78 bits per heavy atom. The van der Waals surface area contributed by atoms with Gasteiger partial charge in [0.05, 0.1) is 17.3 Å². The number of aromatic nitrogens is 4. The van der Waals surface area contributed by atoms with E-state index in [-0.39, 0.29) is 5.82 Å². The van der Waals surface area contributed by atoms with Crippen molar-refractivity contribution in [2.24, 2.45) is 5.92 Å². The van der Waals surface area contributed by atoms with Gasteiger partial charge in [-0.05, 0) is 68.2 Å². The first-order chi connectivity index (χ1) is 15.6. The summed E-state index contributed by atoms with van der Waals surface area (Å²) < 4.78 is 30.8. The van der Waals surface area contributed by atoms with E-state index in [1.54, 1.807) is 15.9 Å². The van der Waals surface area contributed by atoms with Gasteiger partial charge in [-0.3, -0.25) is 0 Å². The van der Waals surface area contributed by atoms with E-state index in [0.29, 0.717) is 17.4 Å². The van der Waals surface area contributed by atoms with Crippen LogP contribution in [0.2, 0.25) is 0 Å². The summed E-state index contributed by atoms with van der Waals surface area (Å²) in [4.78, 5) is 13.1. The molecule has 32 heavy (non-hydrogen) atoms. The summed E-state index contributed by atoms with van der Waals surface area (Å²) in [5.74, 6) is 1.01. The van der Waals surface area contributed by atoms with Gasteiger partial charge in [0.25, 0.3) is 0 Å². The maximum atomic E-state index is 14.9. The van der Waals surface area contributed by atoms with Crippen LogP contribution in [0.5, 0.6) is 0 Å². The molecule has 2 atom stereocenters. The van der Waals surface area contributed by atoms with Crippen molar-refractivity contribution in [2.45, 2.75) is 43.6 Å². The molecule has 0 bridgehead atoms. The minimum absolute atomic E-state index is 0.307. The van der Waals surface area contributed by atoms with Crippen LogP contribution in [0.15, 0.2) is 42.9 Å². The van der Waals surface area contributed by atoms with E-state index in [4.69, 9.17) is 4.98 Å². The molecule has 0 radical (unpaired) electrons. The van der Waals surface area contributed by atoms with E-state index in [0.717, 1.165) is 47.8 Å². The number of hydrogen-bond donors (Lipinski definition) is 0. The first kappa shape index (κ1) is 18.7. The molecule has 4 aromatic rings. The fraction of sp³-hybridized carbons (Fsp3) is 0.375. The van der Waals surface area contributed by atoms with Crippen LogP contribution in [0.4, 0.5) is 14.6 Å². The normalized spacial score (nSPS) is 24.7. The lowest BCUT2D eigenvalue weighted by atomic mass is 9.63. The van der Waals surface area contributed by atoms with Gasteiger partial charge in [-0.15, -0.1) is 11.3 Å². The van der Waals surface area contributed by atoms with Crippen molar-refractivity contribution in [2.75, 3.05) is 11.4 Å². The second-order valence-corrected chi connectivity index (χ2v) is 10.2. The Hall–Kier alpha value is -2.87. The van der Waals surface area contributed by atoms with Crippen molar-refractivity contribution in [3.05, 3.63) is 64.9 Å². The molecule has 0 N–H and O–H groups in total. The van der Waals surface area contributed by atoms with Crippen molar-refractivity contribution in [3.63, 3.8) is 0 Å². The molecule has 4 heterocycles. The molecule has 3 aromatic heterocycles. The molecule has 3 fully saturated rings. The van der Waals surface area contributed by atoms with Crippen LogP contribution in [-0.4, -0.2) is 26.1 Å². The lowest BCUT2D eigenvalue weighted by Crippen LogP contribution is -2.52. The van der Waals surface area contributed by atoms with Crippen LogP contribution in [0.3, 0.4) is 0 Å². The summed E-state index contributed by atoms with van der Waals surface area (Å²) in [5.41, 5.74) is 1.59. The van der Waals surface area contributed by atoms with E-state index in [1.807, 2.05) is 24.7 Å². The second kappa shape index (κ2) is 6.57. The third-order valence-corrected chi connectivity index (χ3v) is 8.68. The van der Waals surface area contributed by atoms with Crippen LogP contribution < -0.4 is 4.90 Å². The Morgan fingerprint density at radius 1 is 1.06 bits per heavy atom. The zero-order chi connectivity index (χ0) is 21.4. The van der Waals surface area contributed by atoms with Gasteiger partial charge in [0.2, 0.25) is 0 Å². The molecule has 5 nitrogen and oxygen atoms in total. The van der Waals surface area contributed by atoms with Gasteiger partial charge < -0.3 is 4.90 Å². The monoisotopic (exact) mass is 449 g/mol. The van der Waals surface area contributed by atoms with Gasteiger partial charge in [0.1, 0.15) is 22.5 Å². The van der Waals surface area contributed by atoms with E-state index >= 15 is 0 Å². The highest BCUT2D eigenvalue weighted by Crippen LogP contribution is 2.58. The van der Waals surface area contributed by atoms with Crippen LogP contribution in [-0.2, 0) is 5.54 Å². The first-order valence-electron chi connectivity index (χ1n) is 11.2. The topological polar surface area (TPSA) is 46.3 Å². The van der Waals surface area contributed by atoms with E-state index in [9.17, 15) is 8.78 Å². The molecular formula is C24H21F2N5S. The lowest BCUT2D eigenvalue weighted by Gasteiger charge is -2.51. The number of rotatable bonds is 4. The third-order valence-electron chi connectivity index (χ3n) is 7.49. The number of benzene rings is 1. The molecule has 0 amide bonds. The number of fused-ring (bicyclic) bond motifs is 2. The molecule has 1 saturated heterocycles. The number of nitrogens with zero attached hydrogens (tertiary/aromatic N) is 5. The molecule has 1 aromatic carbocycles. The predicted molar refractivity (Wildman–Crippen MR) is 119 cm³/mol. The van der Waals surface area contributed by atoms with Crippen molar-refractivity contribution < 1.29 is 8.78 Å². The summed E-state index contributed by atoms with van der Waals surface area (Å²) in [7, 11) is 0. The SMILES string of the molecule is Fc1ccc(F)c([C@@]23CC[C@@H]2CCN3c2ccn3ncc(-c4ncc(C5CC5)s4)c3n2)c1. The average molecular weight is 450 g/mol. The zero-order valence-corrected chi connectivity index (χ0v) is 18.2.